The van der Waals surface area contributed by atoms with Gasteiger partial charge in [-0.2, -0.15) is 0 Å². The molecule has 0 bridgehead atoms. The fourth-order valence-corrected chi connectivity index (χ4v) is 2.63. The maximum Gasteiger partial charge on any atom is 0.0727 e. The summed E-state index contributed by atoms with van der Waals surface area (Å²) in [5, 5.41) is 3.44. The van der Waals surface area contributed by atoms with E-state index in [1.807, 2.05) is 17.4 Å². The van der Waals surface area contributed by atoms with E-state index in [4.69, 9.17) is 4.74 Å². The molecule has 0 aromatic carbocycles. The third-order valence-electron chi connectivity index (χ3n) is 2.71. The number of thiophene rings is 1. The molecule has 0 atom stereocenters. The van der Waals surface area contributed by atoms with Gasteiger partial charge < -0.3 is 10.1 Å². The second-order valence-corrected chi connectivity index (χ2v) is 6.15. The molecule has 1 N–H and O–H groups in total. The van der Waals surface area contributed by atoms with Crippen molar-refractivity contribution in [2.75, 3.05) is 6.61 Å². The van der Waals surface area contributed by atoms with Crippen molar-refractivity contribution in [3.8, 4) is 0 Å². The maximum absolute atomic E-state index is 5.68. The molecule has 0 fully saturated rings. The van der Waals surface area contributed by atoms with E-state index >= 15 is 0 Å². The van der Waals surface area contributed by atoms with Crippen molar-refractivity contribution in [2.24, 2.45) is 0 Å². The zero-order valence-corrected chi connectivity index (χ0v) is 12.6. The highest BCUT2D eigenvalue weighted by molar-refractivity contribution is 7.12. The average molecular weight is 267 g/mol. The van der Waals surface area contributed by atoms with Crippen molar-refractivity contribution in [1.82, 2.24) is 5.32 Å². The van der Waals surface area contributed by atoms with E-state index in [1.165, 1.54) is 15.3 Å². The summed E-state index contributed by atoms with van der Waals surface area (Å²) < 4.78 is 5.68. The maximum atomic E-state index is 5.68. The van der Waals surface area contributed by atoms with Crippen LogP contribution in [0.2, 0.25) is 0 Å². The number of aryl methyl sites for hydroxylation is 1. The number of nitrogens with one attached hydrogen (secondary N) is 1. The number of hydrogen-bond acceptors (Lipinski definition) is 3. The van der Waals surface area contributed by atoms with Crippen LogP contribution in [0.15, 0.2) is 18.7 Å². The molecule has 0 aliphatic heterocycles. The molecule has 0 radical (unpaired) electrons. The van der Waals surface area contributed by atoms with E-state index in [2.05, 4.69) is 38.7 Å². The largest absolute Gasteiger partial charge is 0.377 e. The summed E-state index contributed by atoms with van der Waals surface area (Å²) in [5.41, 5.74) is 1.33. The lowest BCUT2D eigenvalue weighted by molar-refractivity contribution is 0.119. The van der Waals surface area contributed by atoms with Gasteiger partial charge in [-0.15, -0.1) is 17.9 Å². The number of ether oxygens (including phenoxy) is 1. The highest BCUT2D eigenvalue weighted by Crippen LogP contribution is 2.22. The first-order valence-electron chi connectivity index (χ1n) is 6.63. The van der Waals surface area contributed by atoms with E-state index in [1.54, 1.807) is 0 Å². The van der Waals surface area contributed by atoms with Gasteiger partial charge in [0.15, 0.2) is 0 Å². The normalized spacial score (nSPS) is 11.1. The van der Waals surface area contributed by atoms with E-state index < -0.39 is 0 Å². The second kappa shape index (κ2) is 8.46. The Morgan fingerprint density at radius 1 is 1.50 bits per heavy atom. The highest BCUT2D eigenvalue weighted by Gasteiger charge is 2.06. The Hall–Kier alpha value is -0.640. The third-order valence-corrected chi connectivity index (χ3v) is 3.80. The minimum Gasteiger partial charge on any atom is -0.377 e. The fraction of sp³-hybridized carbons (Fsp3) is 0.600. The standard InChI is InChI=1S/C15H25NOS/c1-5-6-7-8-17-11-14-9-15(18-13(14)4)10-16-12(2)3/h5,9,12,16H,1,6-8,10-11H2,2-4H3. The first kappa shape index (κ1) is 15.4. The molecule has 102 valence electrons. The molecular weight excluding hydrogens is 242 g/mol. The van der Waals surface area contributed by atoms with Gasteiger partial charge in [0, 0.05) is 28.9 Å². The van der Waals surface area contributed by atoms with Crippen molar-refractivity contribution >= 4 is 11.3 Å². The smallest absolute Gasteiger partial charge is 0.0727 e. The number of allylic oxidation sites excluding steroid dienone is 1. The Kier molecular flexibility index (Phi) is 7.25. The van der Waals surface area contributed by atoms with Gasteiger partial charge in [0.2, 0.25) is 0 Å². The molecule has 2 nitrogen and oxygen atoms in total. The Balaban J connectivity index is 2.34. The van der Waals surface area contributed by atoms with Crippen LogP contribution in [-0.2, 0) is 17.9 Å². The first-order valence-corrected chi connectivity index (χ1v) is 7.45. The van der Waals surface area contributed by atoms with E-state index in [9.17, 15) is 0 Å². The number of hydrogen-bond donors (Lipinski definition) is 1. The molecule has 0 aliphatic rings. The van der Waals surface area contributed by atoms with E-state index in [0.717, 1.165) is 32.6 Å². The van der Waals surface area contributed by atoms with Crippen molar-refractivity contribution in [1.29, 1.82) is 0 Å². The van der Waals surface area contributed by atoms with Crippen molar-refractivity contribution < 1.29 is 4.74 Å². The van der Waals surface area contributed by atoms with Crippen molar-refractivity contribution in [3.05, 3.63) is 34.0 Å². The molecule has 1 aromatic heterocycles. The summed E-state index contributed by atoms with van der Waals surface area (Å²) in [7, 11) is 0. The topological polar surface area (TPSA) is 21.3 Å². The molecule has 18 heavy (non-hydrogen) atoms. The Morgan fingerprint density at radius 2 is 2.28 bits per heavy atom. The van der Waals surface area contributed by atoms with Crippen LogP contribution >= 0.6 is 11.3 Å². The predicted octanol–water partition coefficient (Wildman–Crippen LogP) is 4.04. The second-order valence-electron chi connectivity index (χ2n) is 4.81. The number of rotatable bonds is 9. The summed E-state index contributed by atoms with van der Waals surface area (Å²) in [5.74, 6) is 0. The van der Waals surface area contributed by atoms with Crippen LogP contribution < -0.4 is 5.32 Å². The summed E-state index contributed by atoms with van der Waals surface area (Å²) in [6, 6.07) is 2.80. The zero-order chi connectivity index (χ0) is 13.4. The van der Waals surface area contributed by atoms with Gasteiger partial charge in [0.05, 0.1) is 6.61 Å². The van der Waals surface area contributed by atoms with Crippen LogP contribution in [0.4, 0.5) is 0 Å². The van der Waals surface area contributed by atoms with Gasteiger partial charge in [-0.3, -0.25) is 0 Å². The highest BCUT2D eigenvalue weighted by atomic mass is 32.1. The molecule has 0 saturated heterocycles. The summed E-state index contributed by atoms with van der Waals surface area (Å²) in [4.78, 5) is 2.77. The molecule has 0 spiro atoms. The fourth-order valence-electron chi connectivity index (χ4n) is 1.63. The molecule has 1 heterocycles. The van der Waals surface area contributed by atoms with E-state index in [0.29, 0.717) is 6.04 Å². The first-order chi connectivity index (χ1) is 8.63. The molecular formula is C15H25NOS. The zero-order valence-electron chi connectivity index (χ0n) is 11.8. The van der Waals surface area contributed by atoms with Gasteiger partial charge >= 0.3 is 0 Å². The minimum atomic E-state index is 0.533. The lowest BCUT2D eigenvalue weighted by Gasteiger charge is -2.05. The predicted molar refractivity (Wildman–Crippen MR) is 80.1 cm³/mol. The van der Waals surface area contributed by atoms with Gasteiger partial charge in [0.1, 0.15) is 0 Å². The van der Waals surface area contributed by atoms with Crippen LogP contribution in [0, 0.1) is 6.92 Å². The van der Waals surface area contributed by atoms with Gasteiger partial charge in [-0.1, -0.05) is 19.9 Å². The molecule has 0 unspecified atom stereocenters. The van der Waals surface area contributed by atoms with E-state index in [-0.39, 0.29) is 0 Å². The Morgan fingerprint density at radius 3 is 2.94 bits per heavy atom. The van der Waals surface area contributed by atoms with Gasteiger partial charge in [-0.25, -0.2) is 0 Å². The lowest BCUT2D eigenvalue weighted by Crippen LogP contribution is -2.21. The van der Waals surface area contributed by atoms with Crippen LogP contribution in [0.1, 0.15) is 42.0 Å². The third kappa shape index (κ3) is 5.80. The Bertz CT molecular complexity index is 357. The summed E-state index contributed by atoms with van der Waals surface area (Å²) in [6.07, 6.45) is 4.04. The van der Waals surface area contributed by atoms with Crippen LogP contribution in [0.5, 0.6) is 0 Å². The average Bonchev–Trinajstić information content (AvgIpc) is 2.67. The van der Waals surface area contributed by atoms with Crippen LogP contribution in [-0.4, -0.2) is 12.6 Å². The SMILES string of the molecule is C=CCCCOCc1cc(CNC(C)C)sc1C. The Labute approximate surface area is 115 Å². The summed E-state index contributed by atoms with van der Waals surface area (Å²) in [6.45, 7) is 12.7. The van der Waals surface area contributed by atoms with Crippen molar-refractivity contribution in [3.63, 3.8) is 0 Å². The van der Waals surface area contributed by atoms with Gasteiger partial charge in [0.25, 0.3) is 0 Å². The van der Waals surface area contributed by atoms with Crippen LogP contribution in [0.3, 0.4) is 0 Å². The molecule has 0 aliphatic carbocycles. The van der Waals surface area contributed by atoms with Gasteiger partial charge in [-0.05, 0) is 31.4 Å². The molecule has 1 rings (SSSR count). The summed E-state index contributed by atoms with van der Waals surface area (Å²) >= 11 is 1.87. The van der Waals surface area contributed by atoms with Crippen LogP contribution in [0.25, 0.3) is 0 Å². The minimum absolute atomic E-state index is 0.533. The molecule has 1 aromatic rings. The van der Waals surface area contributed by atoms with Crippen molar-refractivity contribution in [2.45, 2.75) is 52.8 Å². The monoisotopic (exact) mass is 267 g/mol. The number of unbranched alkanes of at least 4 members (excludes halogenated alkanes) is 1. The quantitative estimate of drug-likeness (QED) is 0.538. The molecule has 0 saturated carbocycles. The molecule has 0 amide bonds. The molecule has 3 heteroatoms. The lowest BCUT2D eigenvalue weighted by atomic mass is 10.2.